The second kappa shape index (κ2) is 10.8. The molecule has 8 nitrogen and oxygen atoms in total. The standard InChI is InChI=1S/C27H21N3O5/c31-26(21-9-5-2-6-10-21)29-24(27(32)28-18-19-7-3-1-4-8-19)17-23-15-16-25(35-23)20-11-13-22(14-12-20)30(33)34/h1-17H,18H2,(H,28,32)(H,29,31). The molecule has 4 rings (SSSR count). The van der Waals surface area contributed by atoms with E-state index in [4.69, 9.17) is 4.42 Å². The summed E-state index contributed by atoms with van der Waals surface area (Å²) in [5.41, 5.74) is 1.94. The van der Waals surface area contributed by atoms with Gasteiger partial charge in [-0.25, -0.2) is 0 Å². The summed E-state index contributed by atoms with van der Waals surface area (Å²) in [6, 6.07) is 27.2. The first-order valence-corrected chi connectivity index (χ1v) is 10.7. The average Bonchev–Trinajstić information content (AvgIpc) is 3.36. The highest BCUT2D eigenvalue weighted by Crippen LogP contribution is 2.25. The van der Waals surface area contributed by atoms with Crippen LogP contribution in [0.2, 0.25) is 0 Å². The van der Waals surface area contributed by atoms with Crippen LogP contribution < -0.4 is 10.6 Å². The summed E-state index contributed by atoms with van der Waals surface area (Å²) >= 11 is 0. The fraction of sp³-hybridized carbons (Fsp3) is 0.0370. The van der Waals surface area contributed by atoms with E-state index in [1.54, 1.807) is 54.6 Å². The van der Waals surface area contributed by atoms with Crippen LogP contribution in [0.3, 0.4) is 0 Å². The molecule has 1 heterocycles. The van der Waals surface area contributed by atoms with Crippen molar-refractivity contribution in [2.45, 2.75) is 6.54 Å². The Morgan fingerprint density at radius 3 is 2.17 bits per heavy atom. The van der Waals surface area contributed by atoms with Gasteiger partial charge in [0.1, 0.15) is 17.2 Å². The van der Waals surface area contributed by atoms with Crippen LogP contribution in [0.4, 0.5) is 5.69 Å². The molecule has 4 aromatic rings. The zero-order chi connectivity index (χ0) is 24.6. The molecule has 0 atom stereocenters. The highest BCUT2D eigenvalue weighted by molar-refractivity contribution is 6.05. The summed E-state index contributed by atoms with van der Waals surface area (Å²) in [7, 11) is 0. The molecule has 0 saturated carbocycles. The SMILES string of the molecule is O=C(NCc1ccccc1)C(=Cc1ccc(-c2ccc([N+](=O)[O-])cc2)o1)NC(=O)c1ccccc1. The molecule has 0 radical (unpaired) electrons. The minimum atomic E-state index is -0.480. The van der Waals surface area contributed by atoms with Crippen molar-refractivity contribution in [3.63, 3.8) is 0 Å². The number of furan rings is 1. The van der Waals surface area contributed by atoms with Gasteiger partial charge < -0.3 is 15.1 Å². The fourth-order valence-corrected chi connectivity index (χ4v) is 3.29. The van der Waals surface area contributed by atoms with Gasteiger partial charge >= 0.3 is 0 Å². The third-order valence-electron chi connectivity index (χ3n) is 5.10. The van der Waals surface area contributed by atoms with Crippen LogP contribution in [0.5, 0.6) is 0 Å². The third-order valence-corrected chi connectivity index (χ3v) is 5.10. The first-order chi connectivity index (χ1) is 17.0. The molecule has 1 aromatic heterocycles. The van der Waals surface area contributed by atoms with Crippen LogP contribution in [0, 0.1) is 10.1 Å². The molecule has 0 saturated heterocycles. The molecule has 8 heteroatoms. The summed E-state index contributed by atoms with van der Waals surface area (Å²) in [6.45, 7) is 0.282. The fourth-order valence-electron chi connectivity index (χ4n) is 3.29. The van der Waals surface area contributed by atoms with E-state index < -0.39 is 16.7 Å². The summed E-state index contributed by atoms with van der Waals surface area (Å²) in [4.78, 5) is 36.1. The van der Waals surface area contributed by atoms with Crippen molar-refractivity contribution in [1.82, 2.24) is 10.6 Å². The van der Waals surface area contributed by atoms with E-state index in [0.29, 0.717) is 22.6 Å². The molecular formula is C27H21N3O5. The maximum absolute atomic E-state index is 13.0. The van der Waals surface area contributed by atoms with Gasteiger partial charge in [0.25, 0.3) is 17.5 Å². The van der Waals surface area contributed by atoms with Crippen LogP contribution in [0.1, 0.15) is 21.7 Å². The number of non-ortho nitro benzene ring substituents is 1. The van der Waals surface area contributed by atoms with Gasteiger partial charge in [-0.2, -0.15) is 0 Å². The van der Waals surface area contributed by atoms with Gasteiger partial charge in [0, 0.05) is 35.9 Å². The van der Waals surface area contributed by atoms with E-state index in [2.05, 4.69) is 10.6 Å². The van der Waals surface area contributed by atoms with Gasteiger partial charge in [-0.1, -0.05) is 48.5 Å². The Morgan fingerprint density at radius 2 is 1.51 bits per heavy atom. The van der Waals surface area contributed by atoms with Crippen LogP contribution in [0.25, 0.3) is 17.4 Å². The van der Waals surface area contributed by atoms with E-state index >= 15 is 0 Å². The Balaban J connectivity index is 1.57. The van der Waals surface area contributed by atoms with E-state index in [1.165, 1.54) is 18.2 Å². The van der Waals surface area contributed by atoms with Crippen molar-refractivity contribution >= 4 is 23.6 Å². The van der Waals surface area contributed by atoms with E-state index in [1.807, 2.05) is 30.3 Å². The molecule has 2 N–H and O–H groups in total. The molecule has 0 unspecified atom stereocenters. The Hall–Kier alpha value is -4.98. The first kappa shape index (κ1) is 23.2. The Morgan fingerprint density at radius 1 is 0.857 bits per heavy atom. The molecule has 0 aliphatic heterocycles. The number of nitro groups is 1. The number of nitrogens with one attached hydrogen (secondary N) is 2. The normalized spacial score (nSPS) is 11.0. The number of hydrogen-bond acceptors (Lipinski definition) is 5. The van der Waals surface area contributed by atoms with Crippen LogP contribution in [-0.4, -0.2) is 16.7 Å². The van der Waals surface area contributed by atoms with Crippen molar-refractivity contribution in [3.05, 3.63) is 130 Å². The topological polar surface area (TPSA) is 114 Å². The molecule has 0 aliphatic carbocycles. The van der Waals surface area contributed by atoms with E-state index in [-0.39, 0.29) is 17.9 Å². The third kappa shape index (κ3) is 6.08. The summed E-state index contributed by atoms with van der Waals surface area (Å²) in [5.74, 6) is -0.124. The van der Waals surface area contributed by atoms with Crippen molar-refractivity contribution < 1.29 is 18.9 Å². The van der Waals surface area contributed by atoms with Gasteiger partial charge in [-0.3, -0.25) is 19.7 Å². The van der Waals surface area contributed by atoms with Gasteiger partial charge in [-0.15, -0.1) is 0 Å². The van der Waals surface area contributed by atoms with E-state index in [9.17, 15) is 19.7 Å². The van der Waals surface area contributed by atoms with E-state index in [0.717, 1.165) is 5.56 Å². The lowest BCUT2D eigenvalue weighted by atomic mass is 10.1. The van der Waals surface area contributed by atoms with Crippen molar-refractivity contribution in [2.24, 2.45) is 0 Å². The lowest BCUT2D eigenvalue weighted by molar-refractivity contribution is -0.384. The molecule has 0 spiro atoms. The zero-order valence-electron chi connectivity index (χ0n) is 18.5. The lowest BCUT2D eigenvalue weighted by Crippen LogP contribution is -2.34. The summed E-state index contributed by atoms with van der Waals surface area (Å²) in [6.07, 6.45) is 1.44. The highest BCUT2D eigenvalue weighted by atomic mass is 16.6. The number of benzene rings is 3. The smallest absolute Gasteiger partial charge is 0.269 e. The van der Waals surface area contributed by atoms with Crippen molar-refractivity contribution in [1.29, 1.82) is 0 Å². The van der Waals surface area contributed by atoms with Crippen LogP contribution in [-0.2, 0) is 11.3 Å². The number of nitrogens with zero attached hydrogens (tertiary/aromatic N) is 1. The number of rotatable bonds is 8. The number of carbonyl (C=O) groups is 2. The predicted octanol–water partition coefficient (Wildman–Crippen LogP) is 4.94. The van der Waals surface area contributed by atoms with Crippen LogP contribution in [0.15, 0.2) is 107 Å². The number of amides is 2. The van der Waals surface area contributed by atoms with Gasteiger partial charge in [0.15, 0.2) is 0 Å². The average molecular weight is 467 g/mol. The number of carbonyl (C=O) groups excluding carboxylic acids is 2. The van der Waals surface area contributed by atoms with Gasteiger partial charge in [-0.05, 0) is 42.0 Å². The second-order valence-electron chi connectivity index (χ2n) is 7.55. The molecule has 174 valence electrons. The summed E-state index contributed by atoms with van der Waals surface area (Å²) < 4.78 is 5.82. The maximum atomic E-state index is 13.0. The molecule has 3 aromatic carbocycles. The molecule has 0 aliphatic rings. The number of nitro benzene ring substituents is 1. The molecule has 2 amide bonds. The Labute approximate surface area is 201 Å². The second-order valence-corrected chi connectivity index (χ2v) is 7.55. The van der Waals surface area contributed by atoms with Crippen molar-refractivity contribution in [2.75, 3.05) is 0 Å². The zero-order valence-corrected chi connectivity index (χ0v) is 18.5. The predicted molar refractivity (Wildman–Crippen MR) is 131 cm³/mol. The number of hydrogen-bond donors (Lipinski definition) is 2. The van der Waals surface area contributed by atoms with Gasteiger partial charge in [0.05, 0.1) is 4.92 Å². The minimum Gasteiger partial charge on any atom is -0.457 e. The molecule has 35 heavy (non-hydrogen) atoms. The molecule has 0 fully saturated rings. The first-order valence-electron chi connectivity index (χ1n) is 10.7. The summed E-state index contributed by atoms with van der Waals surface area (Å²) in [5, 5.41) is 16.3. The molecule has 0 bridgehead atoms. The van der Waals surface area contributed by atoms with Crippen LogP contribution >= 0.6 is 0 Å². The minimum absolute atomic E-state index is 0.0133. The van der Waals surface area contributed by atoms with Gasteiger partial charge in [0.2, 0.25) is 0 Å². The maximum Gasteiger partial charge on any atom is 0.269 e. The highest BCUT2D eigenvalue weighted by Gasteiger charge is 2.16. The van der Waals surface area contributed by atoms with Crippen molar-refractivity contribution in [3.8, 4) is 11.3 Å². The lowest BCUT2D eigenvalue weighted by Gasteiger charge is -2.11. The Bertz CT molecular complexity index is 1360. The largest absolute Gasteiger partial charge is 0.457 e. The quantitative estimate of drug-likeness (QED) is 0.216. The Kier molecular flexibility index (Phi) is 7.13. The monoisotopic (exact) mass is 467 g/mol. The molecular weight excluding hydrogens is 446 g/mol.